The Morgan fingerprint density at radius 1 is 1.24 bits per heavy atom. The van der Waals surface area contributed by atoms with Crippen molar-refractivity contribution in [2.24, 2.45) is 11.8 Å². The molecule has 3 nitrogen and oxygen atoms in total. The molecule has 1 aliphatic rings. The largest absolute Gasteiger partial charge is 0.354 e. The molecule has 0 saturated heterocycles. The van der Waals surface area contributed by atoms with E-state index in [2.05, 4.69) is 55.5 Å². The third-order valence-electron chi connectivity index (χ3n) is 4.80. The molecule has 1 aromatic carbocycles. The van der Waals surface area contributed by atoms with Crippen molar-refractivity contribution in [3.63, 3.8) is 0 Å². The van der Waals surface area contributed by atoms with Crippen LogP contribution in [0.4, 0.5) is 0 Å². The normalized spacial score (nSPS) is 18.7. The Balaban J connectivity index is 1.91. The van der Waals surface area contributed by atoms with E-state index in [1.165, 1.54) is 31.2 Å². The van der Waals surface area contributed by atoms with Gasteiger partial charge < -0.3 is 10.2 Å². The second-order valence-corrected chi connectivity index (χ2v) is 6.47. The van der Waals surface area contributed by atoms with Gasteiger partial charge in [0.15, 0.2) is 0 Å². The zero-order valence-electron chi connectivity index (χ0n) is 13.5. The van der Waals surface area contributed by atoms with E-state index in [4.69, 9.17) is 0 Å². The van der Waals surface area contributed by atoms with Crippen LogP contribution in [0.2, 0.25) is 0 Å². The fraction of sp³-hybridized carbons (Fsp3) is 0.611. The molecule has 0 aromatic heterocycles. The van der Waals surface area contributed by atoms with Gasteiger partial charge in [0.25, 0.3) is 0 Å². The van der Waals surface area contributed by atoms with E-state index in [0.717, 1.165) is 0 Å². The molecule has 3 heteroatoms. The third-order valence-corrected chi connectivity index (χ3v) is 4.80. The van der Waals surface area contributed by atoms with Crippen LogP contribution in [0.5, 0.6) is 0 Å². The lowest BCUT2D eigenvalue weighted by molar-refractivity contribution is -0.126. The molecule has 2 atom stereocenters. The molecular weight excluding hydrogens is 260 g/mol. The second-order valence-electron chi connectivity index (χ2n) is 6.47. The summed E-state index contributed by atoms with van der Waals surface area (Å²) >= 11 is 0. The fourth-order valence-corrected chi connectivity index (χ4v) is 3.30. The topological polar surface area (TPSA) is 32.3 Å². The first-order chi connectivity index (χ1) is 10.1. The summed E-state index contributed by atoms with van der Waals surface area (Å²) in [5.41, 5.74) is 1.25. The Morgan fingerprint density at radius 3 is 2.43 bits per heavy atom. The maximum absolute atomic E-state index is 12.4. The summed E-state index contributed by atoms with van der Waals surface area (Å²) in [5.74, 6) is 0.940. The Morgan fingerprint density at radius 2 is 1.86 bits per heavy atom. The molecule has 116 valence electrons. The molecule has 1 N–H and O–H groups in total. The van der Waals surface area contributed by atoms with Crippen LogP contribution in [0.1, 0.15) is 44.2 Å². The maximum Gasteiger partial charge on any atom is 0.223 e. The SMILES string of the molecule is CC(C(=O)NCC(c1ccccc1)N(C)C)C1CCCC1. The van der Waals surface area contributed by atoms with E-state index >= 15 is 0 Å². The molecule has 0 aliphatic heterocycles. The van der Waals surface area contributed by atoms with Gasteiger partial charge >= 0.3 is 0 Å². The molecule has 1 saturated carbocycles. The van der Waals surface area contributed by atoms with E-state index in [-0.39, 0.29) is 17.9 Å². The lowest BCUT2D eigenvalue weighted by atomic mass is 9.92. The van der Waals surface area contributed by atoms with Crippen molar-refractivity contribution in [2.45, 2.75) is 38.6 Å². The number of carbonyl (C=O) groups is 1. The first-order valence-electron chi connectivity index (χ1n) is 8.08. The monoisotopic (exact) mass is 288 g/mol. The van der Waals surface area contributed by atoms with Crippen molar-refractivity contribution in [1.82, 2.24) is 10.2 Å². The summed E-state index contributed by atoms with van der Waals surface area (Å²) in [7, 11) is 4.12. The van der Waals surface area contributed by atoms with Crippen molar-refractivity contribution in [3.8, 4) is 0 Å². The van der Waals surface area contributed by atoms with Gasteiger partial charge in [-0.05, 0) is 38.4 Å². The zero-order chi connectivity index (χ0) is 15.2. The summed E-state index contributed by atoms with van der Waals surface area (Å²) in [4.78, 5) is 14.5. The molecule has 21 heavy (non-hydrogen) atoms. The molecule has 2 rings (SSSR count). The highest BCUT2D eigenvalue weighted by atomic mass is 16.1. The van der Waals surface area contributed by atoms with E-state index in [1.807, 2.05) is 6.07 Å². The van der Waals surface area contributed by atoms with Crippen molar-refractivity contribution < 1.29 is 4.79 Å². The number of nitrogens with one attached hydrogen (secondary N) is 1. The minimum atomic E-state index is 0.145. The Kier molecular flexibility index (Phi) is 5.80. The zero-order valence-corrected chi connectivity index (χ0v) is 13.5. The molecule has 0 radical (unpaired) electrons. The maximum atomic E-state index is 12.4. The van der Waals surface area contributed by atoms with Gasteiger partial charge in [-0.1, -0.05) is 50.1 Å². The van der Waals surface area contributed by atoms with Crippen molar-refractivity contribution >= 4 is 5.91 Å². The highest BCUT2D eigenvalue weighted by molar-refractivity contribution is 5.78. The van der Waals surface area contributed by atoms with Crippen LogP contribution in [0.3, 0.4) is 0 Å². The van der Waals surface area contributed by atoms with Crippen LogP contribution in [0, 0.1) is 11.8 Å². The van der Waals surface area contributed by atoms with Gasteiger partial charge in [0, 0.05) is 12.5 Å². The second kappa shape index (κ2) is 7.60. The number of carbonyl (C=O) groups excluding carboxylic acids is 1. The summed E-state index contributed by atoms with van der Waals surface area (Å²) in [6.45, 7) is 2.76. The van der Waals surface area contributed by atoms with Gasteiger partial charge in [-0.25, -0.2) is 0 Å². The number of rotatable bonds is 6. The molecular formula is C18H28N2O. The molecule has 1 aromatic rings. The van der Waals surface area contributed by atoms with Gasteiger partial charge in [-0.3, -0.25) is 4.79 Å². The summed E-state index contributed by atoms with van der Waals surface area (Å²) < 4.78 is 0. The van der Waals surface area contributed by atoms with Gasteiger partial charge in [0.1, 0.15) is 0 Å². The van der Waals surface area contributed by atoms with Gasteiger partial charge in [0.2, 0.25) is 5.91 Å². The summed E-state index contributed by atoms with van der Waals surface area (Å²) in [5, 5.41) is 3.16. The van der Waals surface area contributed by atoms with Crippen LogP contribution in [0.15, 0.2) is 30.3 Å². The molecule has 1 aliphatic carbocycles. The highest BCUT2D eigenvalue weighted by Gasteiger charge is 2.27. The Labute approximate surface area is 128 Å². The van der Waals surface area contributed by atoms with Crippen molar-refractivity contribution in [1.29, 1.82) is 0 Å². The first-order valence-corrected chi connectivity index (χ1v) is 8.08. The molecule has 1 fully saturated rings. The summed E-state index contributed by atoms with van der Waals surface area (Å²) in [6, 6.07) is 10.6. The van der Waals surface area contributed by atoms with E-state index in [9.17, 15) is 4.79 Å². The van der Waals surface area contributed by atoms with Crippen LogP contribution in [-0.2, 0) is 4.79 Å². The van der Waals surface area contributed by atoms with Crippen LogP contribution < -0.4 is 5.32 Å². The van der Waals surface area contributed by atoms with E-state index in [0.29, 0.717) is 12.5 Å². The standard InChI is InChI=1S/C18H28N2O/c1-14(15-9-7-8-10-15)18(21)19-13-17(20(2)3)16-11-5-4-6-12-16/h4-6,11-12,14-15,17H,7-10,13H2,1-3H3,(H,19,21). The molecule has 0 heterocycles. The lowest BCUT2D eigenvalue weighted by Gasteiger charge is -2.26. The lowest BCUT2D eigenvalue weighted by Crippen LogP contribution is -2.38. The van der Waals surface area contributed by atoms with Crippen LogP contribution in [0.25, 0.3) is 0 Å². The van der Waals surface area contributed by atoms with Crippen molar-refractivity contribution in [3.05, 3.63) is 35.9 Å². The van der Waals surface area contributed by atoms with Gasteiger partial charge in [-0.15, -0.1) is 0 Å². The predicted molar refractivity (Wildman–Crippen MR) is 87.0 cm³/mol. The highest BCUT2D eigenvalue weighted by Crippen LogP contribution is 2.31. The van der Waals surface area contributed by atoms with Gasteiger partial charge in [0.05, 0.1) is 6.04 Å². The average Bonchev–Trinajstić information content (AvgIpc) is 3.01. The van der Waals surface area contributed by atoms with Crippen molar-refractivity contribution in [2.75, 3.05) is 20.6 Å². The Hall–Kier alpha value is -1.35. The Bertz CT molecular complexity index is 438. The summed E-state index contributed by atoms with van der Waals surface area (Å²) in [6.07, 6.45) is 4.99. The third kappa shape index (κ3) is 4.31. The van der Waals surface area contributed by atoms with Gasteiger partial charge in [-0.2, -0.15) is 0 Å². The minimum Gasteiger partial charge on any atom is -0.354 e. The minimum absolute atomic E-state index is 0.145. The number of hydrogen-bond donors (Lipinski definition) is 1. The average molecular weight is 288 g/mol. The molecule has 0 bridgehead atoms. The number of nitrogens with zero attached hydrogens (tertiary/aromatic N) is 1. The van der Waals surface area contributed by atoms with Crippen LogP contribution in [-0.4, -0.2) is 31.4 Å². The number of benzene rings is 1. The molecule has 2 unspecified atom stereocenters. The molecule has 0 spiro atoms. The van der Waals surface area contributed by atoms with E-state index < -0.39 is 0 Å². The first kappa shape index (κ1) is 16.0. The predicted octanol–water partition coefficient (Wildman–Crippen LogP) is 3.23. The molecule has 1 amide bonds. The number of likely N-dealkylation sites (N-methyl/N-ethyl adjacent to an activating group) is 1. The van der Waals surface area contributed by atoms with E-state index in [1.54, 1.807) is 0 Å². The van der Waals surface area contributed by atoms with Crippen LogP contribution >= 0.6 is 0 Å². The number of hydrogen-bond acceptors (Lipinski definition) is 2. The number of amides is 1. The quantitative estimate of drug-likeness (QED) is 0.871. The fourth-order valence-electron chi connectivity index (χ4n) is 3.30. The smallest absolute Gasteiger partial charge is 0.223 e.